The molecule has 224 valence electrons. The molecule has 9 nitrogen and oxygen atoms in total. The lowest BCUT2D eigenvalue weighted by Gasteiger charge is -2.27. The van der Waals surface area contributed by atoms with Crippen LogP contribution in [0.2, 0.25) is 0 Å². The van der Waals surface area contributed by atoms with Crippen molar-refractivity contribution < 1.29 is 32.8 Å². The minimum Gasteiger partial charge on any atom is -0.457 e. The molecule has 4 aromatic rings. The first-order valence-corrected chi connectivity index (χ1v) is 13.8. The molecule has 43 heavy (non-hydrogen) atoms. The van der Waals surface area contributed by atoms with Gasteiger partial charge in [0.05, 0.1) is 11.1 Å². The zero-order valence-corrected chi connectivity index (χ0v) is 25.2. The number of aromatic nitrogens is 2. The van der Waals surface area contributed by atoms with Crippen LogP contribution < -0.4 is 0 Å². The summed E-state index contributed by atoms with van der Waals surface area (Å²) in [6, 6.07) is 22.0. The third kappa shape index (κ3) is 8.17. The molecule has 2 aromatic heterocycles. The first-order chi connectivity index (χ1) is 20.2. The second kappa shape index (κ2) is 12.6. The van der Waals surface area contributed by atoms with Gasteiger partial charge in [-0.2, -0.15) is 0 Å². The Morgan fingerprint density at radius 2 is 1.00 bits per heavy atom. The summed E-state index contributed by atoms with van der Waals surface area (Å²) in [5.41, 5.74) is 0.801. The number of carbonyl (C=O) groups is 2. The predicted molar refractivity (Wildman–Crippen MR) is 160 cm³/mol. The van der Waals surface area contributed by atoms with Crippen LogP contribution in [0, 0.1) is 0 Å². The fourth-order valence-corrected chi connectivity index (χ4v) is 3.99. The molecule has 0 saturated carbocycles. The molecule has 2 atom stereocenters. The van der Waals surface area contributed by atoms with Gasteiger partial charge in [0.1, 0.15) is 22.6 Å². The van der Waals surface area contributed by atoms with E-state index in [4.69, 9.17) is 23.3 Å². The van der Waals surface area contributed by atoms with Gasteiger partial charge in [0.2, 0.25) is 0 Å². The molecule has 0 N–H and O–H groups in total. The minimum atomic E-state index is -1.26. The van der Waals surface area contributed by atoms with Gasteiger partial charge in [-0.1, -0.05) is 84.1 Å². The predicted octanol–water partition coefficient (Wildman–Crippen LogP) is 7.59. The number of esters is 2. The maximum Gasteiger partial charge on any atom is 0.337 e. The van der Waals surface area contributed by atoms with E-state index in [-0.39, 0.29) is 22.7 Å². The highest BCUT2D eigenvalue weighted by Gasteiger charge is 2.37. The highest BCUT2D eigenvalue weighted by atomic mass is 16.6. The van der Waals surface area contributed by atoms with Crippen LogP contribution in [-0.2, 0) is 23.8 Å². The molecular weight excluding hydrogens is 548 g/mol. The highest BCUT2D eigenvalue weighted by Crippen LogP contribution is 2.39. The van der Waals surface area contributed by atoms with Crippen molar-refractivity contribution in [2.24, 2.45) is 0 Å². The highest BCUT2D eigenvalue weighted by molar-refractivity contribution is 5.90. The van der Waals surface area contributed by atoms with Crippen LogP contribution in [0.1, 0.15) is 65.3 Å². The molecule has 9 heteroatoms. The second-order valence-electron chi connectivity index (χ2n) is 11.9. The fraction of sp³-hybridized carbons (Fsp3) is 0.294. The molecule has 4 rings (SSSR count). The van der Waals surface area contributed by atoms with E-state index >= 15 is 0 Å². The Kier molecular flexibility index (Phi) is 9.16. The zero-order chi connectivity index (χ0) is 31.4. The molecule has 2 unspecified atom stereocenters. The van der Waals surface area contributed by atoms with E-state index in [1.165, 1.54) is 0 Å². The third-order valence-corrected chi connectivity index (χ3v) is 5.94. The average Bonchev–Trinajstić information content (AvgIpc) is 3.63. The monoisotopic (exact) mass is 584 g/mol. The molecule has 0 amide bonds. The third-order valence-electron chi connectivity index (χ3n) is 5.94. The quantitative estimate of drug-likeness (QED) is 0.137. The lowest BCUT2D eigenvalue weighted by Crippen LogP contribution is -2.29. The van der Waals surface area contributed by atoms with Gasteiger partial charge in [-0.3, -0.25) is 0 Å². The van der Waals surface area contributed by atoms with Crippen LogP contribution >= 0.6 is 0 Å². The molecule has 0 aliphatic rings. The van der Waals surface area contributed by atoms with Crippen molar-refractivity contribution in [2.75, 3.05) is 0 Å². The van der Waals surface area contributed by atoms with Gasteiger partial charge in [-0.05, 0) is 41.5 Å². The van der Waals surface area contributed by atoms with Gasteiger partial charge in [-0.15, -0.1) is 0 Å². The molecule has 2 heterocycles. The first-order valence-electron chi connectivity index (χ1n) is 13.8. The Bertz CT molecular complexity index is 1470. The van der Waals surface area contributed by atoms with E-state index < -0.39 is 35.3 Å². The van der Waals surface area contributed by atoms with E-state index in [1.807, 2.05) is 60.7 Å². The Morgan fingerprint density at radius 1 is 0.651 bits per heavy atom. The minimum absolute atomic E-state index is 0.0875. The van der Waals surface area contributed by atoms with E-state index in [2.05, 4.69) is 23.5 Å². The smallest absolute Gasteiger partial charge is 0.337 e. The Hall–Kier alpha value is -4.76. The number of ether oxygens (including phenoxy) is 3. The normalized spacial score (nSPS) is 13.2. The number of benzene rings is 2. The van der Waals surface area contributed by atoms with E-state index in [0.29, 0.717) is 11.4 Å². The summed E-state index contributed by atoms with van der Waals surface area (Å²) in [5.74, 6) is -1.14. The van der Waals surface area contributed by atoms with Gasteiger partial charge in [0, 0.05) is 23.3 Å². The number of rotatable bonds is 10. The lowest BCUT2D eigenvalue weighted by molar-refractivity contribution is -0.153. The summed E-state index contributed by atoms with van der Waals surface area (Å²) < 4.78 is 29.0. The summed E-state index contributed by atoms with van der Waals surface area (Å²) in [5, 5.41) is 8.36. The standard InChI is InChI=1S/C34H36N2O7/c1-21(31(37)40-33(3,4)5)29(27-19-25(35-42-27)23-15-11-9-12-16-23)39-30(22(2)32(38)41-34(6,7)8)28-20-26(36-43-28)24-17-13-10-14-18-24/h9-20,29-30H,1-2H2,3-8H3. The second-order valence-corrected chi connectivity index (χ2v) is 11.9. The van der Waals surface area contributed by atoms with Crippen molar-refractivity contribution >= 4 is 11.9 Å². The number of carbonyl (C=O) groups excluding carboxylic acids is 2. The van der Waals surface area contributed by atoms with Gasteiger partial charge in [-0.25, -0.2) is 9.59 Å². The average molecular weight is 585 g/mol. The Labute approximate surface area is 251 Å². The molecule has 0 spiro atoms. The maximum absolute atomic E-state index is 13.2. The van der Waals surface area contributed by atoms with Crippen LogP contribution in [0.3, 0.4) is 0 Å². The van der Waals surface area contributed by atoms with Crippen LogP contribution in [0.25, 0.3) is 22.5 Å². The summed E-state index contributed by atoms with van der Waals surface area (Å²) in [4.78, 5) is 26.5. The SMILES string of the molecule is C=C(C(=O)OC(C)(C)C)C(OC(C(=C)C(=O)OC(C)(C)C)c1cc(-c2ccccc2)no1)c1cc(-c2ccccc2)no1. The number of nitrogens with zero attached hydrogens (tertiary/aromatic N) is 2. The lowest BCUT2D eigenvalue weighted by atomic mass is 10.0. The van der Waals surface area contributed by atoms with Crippen LogP contribution in [0.15, 0.2) is 106 Å². The van der Waals surface area contributed by atoms with Crippen molar-refractivity contribution in [1.82, 2.24) is 10.3 Å². The number of hydrogen-bond donors (Lipinski definition) is 0. The molecule has 0 radical (unpaired) electrons. The first kappa shape index (κ1) is 31.2. The van der Waals surface area contributed by atoms with Gasteiger partial charge < -0.3 is 23.3 Å². The maximum atomic E-state index is 13.2. The Balaban J connectivity index is 1.77. The molecule has 0 aliphatic heterocycles. The van der Waals surface area contributed by atoms with E-state index in [1.54, 1.807) is 53.7 Å². The molecule has 0 fully saturated rings. The van der Waals surface area contributed by atoms with Crippen molar-refractivity contribution in [2.45, 2.75) is 65.0 Å². The largest absolute Gasteiger partial charge is 0.457 e. The van der Waals surface area contributed by atoms with Crippen LogP contribution in [0.4, 0.5) is 0 Å². The van der Waals surface area contributed by atoms with Crippen molar-refractivity contribution in [1.29, 1.82) is 0 Å². The molecule has 0 saturated heterocycles. The number of hydrogen-bond acceptors (Lipinski definition) is 9. The molecule has 0 aliphatic carbocycles. The summed E-state index contributed by atoms with van der Waals surface area (Å²) in [6.07, 6.45) is -2.51. The van der Waals surface area contributed by atoms with Gasteiger partial charge in [0.25, 0.3) is 0 Å². The summed E-state index contributed by atoms with van der Waals surface area (Å²) in [6.45, 7) is 18.4. The van der Waals surface area contributed by atoms with Crippen LogP contribution in [0.5, 0.6) is 0 Å². The van der Waals surface area contributed by atoms with Gasteiger partial charge >= 0.3 is 11.9 Å². The summed E-state index contributed by atoms with van der Waals surface area (Å²) in [7, 11) is 0. The van der Waals surface area contributed by atoms with E-state index in [0.717, 1.165) is 11.1 Å². The van der Waals surface area contributed by atoms with E-state index in [9.17, 15) is 9.59 Å². The van der Waals surface area contributed by atoms with Crippen molar-refractivity contribution in [3.8, 4) is 22.5 Å². The van der Waals surface area contributed by atoms with Crippen molar-refractivity contribution in [3.63, 3.8) is 0 Å². The molecule has 0 bridgehead atoms. The zero-order valence-electron chi connectivity index (χ0n) is 25.2. The molecule has 2 aromatic carbocycles. The Morgan fingerprint density at radius 3 is 1.33 bits per heavy atom. The molecular formula is C34H36N2O7. The van der Waals surface area contributed by atoms with Crippen LogP contribution in [-0.4, -0.2) is 33.5 Å². The summed E-state index contributed by atoms with van der Waals surface area (Å²) >= 11 is 0. The topological polar surface area (TPSA) is 114 Å². The van der Waals surface area contributed by atoms with Crippen molar-refractivity contribution in [3.05, 3.63) is 109 Å². The fourth-order valence-electron chi connectivity index (χ4n) is 3.99. The van der Waals surface area contributed by atoms with Gasteiger partial charge in [0.15, 0.2) is 23.7 Å².